The summed E-state index contributed by atoms with van der Waals surface area (Å²) in [6.07, 6.45) is 2.94. The lowest BCUT2D eigenvalue weighted by atomic mass is 9.99. The Kier molecular flexibility index (Phi) is 4.14. The van der Waals surface area contributed by atoms with E-state index in [0.717, 1.165) is 34.3 Å². The highest BCUT2D eigenvalue weighted by molar-refractivity contribution is 9.11. The van der Waals surface area contributed by atoms with Crippen molar-refractivity contribution in [3.05, 3.63) is 21.2 Å². The van der Waals surface area contributed by atoms with E-state index >= 15 is 0 Å². The van der Waals surface area contributed by atoms with Crippen LogP contribution in [0.25, 0.3) is 0 Å². The first-order valence-electron chi connectivity index (χ1n) is 5.28. The maximum Gasteiger partial charge on any atom is 0.142 e. The molecular formula is C11H13Br2ClN2. The van der Waals surface area contributed by atoms with Gasteiger partial charge in [-0.1, -0.05) is 6.92 Å². The second kappa shape index (κ2) is 5.23. The van der Waals surface area contributed by atoms with Crippen LogP contribution in [0.15, 0.2) is 21.2 Å². The van der Waals surface area contributed by atoms with Gasteiger partial charge in [-0.15, -0.1) is 11.6 Å². The van der Waals surface area contributed by atoms with E-state index in [1.165, 1.54) is 0 Å². The van der Waals surface area contributed by atoms with Crippen LogP contribution in [0.2, 0.25) is 0 Å². The van der Waals surface area contributed by atoms with Gasteiger partial charge in [0.15, 0.2) is 0 Å². The van der Waals surface area contributed by atoms with Crippen LogP contribution in [0.5, 0.6) is 0 Å². The maximum atomic E-state index is 6.30. The first kappa shape index (κ1) is 12.7. The quantitative estimate of drug-likeness (QED) is 0.695. The van der Waals surface area contributed by atoms with Crippen LogP contribution in [0, 0.1) is 5.92 Å². The Morgan fingerprint density at radius 2 is 2.25 bits per heavy atom. The van der Waals surface area contributed by atoms with Crippen molar-refractivity contribution >= 4 is 49.3 Å². The molecule has 1 aliphatic rings. The number of nitrogens with zero attached hydrogens (tertiary/aromatic N) is 2. The molecule has 2 heterocycles. The third-order valence-electron chi connectivity index (χ3n) is 2.95. The highest BCUT2D eigenvalue weighted by atomic mass is 79.9. The van der Waals surface area contributed by atoms with Gasteiger partial charge in [-0.05, 0) is 50.3 Å². The number of rotatable bonds is 1. The summed E-state index contributed by atoms with van der Waals surface area (Å²) >= 11 is 13.2. The van der Waals surface area contributed by atoms with Crippen molar-refractivity contribution in [2.24, 2.45) is 5.92 Å². The van der Waals surface area contributed by atoms with Crippen molar-refractivity contribution in [1.29, 1.82) is 0 Å². The maximum absolute atomic E-state index is 6.30. The highest BCUT2D eigenvalue weighted by Gasteiger charge is 2.26. The number of halogens is 3. The Bertz CT molecular complexity index is 386. The van der Waals surface area contributed by atoms with E-state index < -0.39 is 0 Å². The number of alkyl halides is 1. The predicted molar refractivity (Wildman–Crippen MR) is 75.3 cm³/mol. The molecular weight excluding hydrogens is 355 g/mol. The lowest BCUT2D eigenvalue weighted by Crippen LogP contribution is -2.40. The zero-order valence-corrected chi connectivity index (χ0v) is 12.9. The lowest BCUT2D eigenvalue weighted by Gasteiger charge is -2.35. The Morgan fingerprint density at radius 3 is 2.88 bits per heavy atom. The summed E-state index contributed by atoms with van der Waals surface area (Å²) in [5, 5.41) is 0.214. The number of piperidine rings is 1. The molecule has 1 aromatic heterocycles. The third kappa shape index (κ3) is 2.71. The Hall–Kier alpha value is 0.200. The molecule has 2 unspecified atom stereocenters. The molecule has 2 nitrogen and oxygen atoms in total. The largest absolute Gasteiger partial charge is 0.354 e. The number of hydrogen-bond donors (Lipinski definition) is 0. The zero-order valence-electron chi connectivity index (χ0n) is 8.96. The van der Waals surface area contributed by atoms with Crippen LogP contribution in [-0.2, 0) is 0 Å². The van der Waals surface area contributed by atoms with Gasteiger partial charge in [0.25, 0.3) is 0 Å². The van der Waals surface area contributed by atoms with Crippen molar-refractivity contribution in [3.63, 3.8) is 0 Å². The van der Waals surface area contributed by atoms with Gasteiger partial charge >= 0.3 is 0 Å². The highest BCUT2D eigenvalue weighted by Crippen LogP contribution is 2.31. The number of aromatic nitrogens is 1. The Labute approximate surface area is 118 Å². The van der Waals surface area contributed by atoms with E-state index in [2.05, 4.69) is 48.7 Å². The molecule has 88 valence electrons. The smallest absolute Gasteiger partial charge is 0.142 e. The summed E-state index contributed by atoms with van der Waals surface area (Å²) in [4.78, 5) is 6.68. The molecule has 16 heavy (non-hydrogen) atoms. The van der Waals surface area contributed by atoms with E-state index in [9.17, 15) is 0 Å². The molecule has 1 saturated heterocycles. The minimum atomic E-state index is 0.214. The normalized spacial score (nSPS) is 25.9. The fourth-order valence-electron chi connectivity index (χ4n) is 1.85. The third-order valence-corrected chi connectivity index (χ3v) is 4.54. The molecule has 1 aliphatic heterocycles. The minimum absolute atomic E-state index is 0.214. The topological polar surface area (TPSA) is 16.1 Å². The van der Waals surface area contributed by atoms with Crippen molar-refractivity contribution in [3.8, 4) is 0 Å². The standard InChI is InChI=1S/C11H13Br2ClN2/c1-7-2-3-16(6-10(7)14)11-9(13)4-8(12)5-15-11/h4-5,7,10H,2-3,6H2,1H3. The van der Waals surface area contributed by atoms with Gasteiger partial charge in [-0.25, -0.2) is 4.98 Å². The molecule has 0 aliphatic carbocycles. The monoisotopic (exact) mass is 366 g/mol. The molecule has 2 rings (SSSR count). The molecule has 0 radical (unpaired) electrons. The summed E-state index contributed by atoms with van der Waals surface area (Å²) in [7, 11) is 0. The van der Waals surface area contributed by atoms with Crippen molar-refractivity contribution in [2.45, 2.75) is 18.7 Å². The van der Waals surface area contributed by atoms with E-state index in [1.54, 1.807) is 0 Å². The predicted octanol–water partition coefficient (Wildman–Crippen LogP) is 4.06. The van der Waals surface area contributed by atoms with Crippen molar-refractivity contribution < 1.29 is 0 Å². The molecule has 0 spiro atoms. The molecule has 0 amide bonds. The lowest BCUT2D eigenvalue weighted by molar-refractivity contribution is 0.443. The summed E-state index contributed by atoms with van der Waals surface area (Å²) in [6.45, 7) is 4.10. The fourth-order valence-corrected chi connectivity index (χ4v) is 3.39. The van der Waals surface area contributed by atoms with Gasteiger partial charge in [0.2, 0.25) is 0 Å². The van der Waals surface area contributed by atoms with E-state index in [0.29, 0.717) is 5.92 Å². The number of pyridine rings is 1. The van der Waals surface area contributed by atoms with Gasteiger partial charge in [0, 0.05) is 23.8 Å². The van der Waals surface area contributed by atoms with Gasteiger partial charge in [0.1, 0.15) is 5.82 Å². The van der Waals surface area contributed by atoms with Gasteiger partial charge in [-0.3, -0.25) is 0 Å². The Morgan fingerprint density at radius 1 is 1.50 bits per heavy atom. The molecule has 0 aromatic carbocycles. The average Bonchev–Trinajstić information content (AvgIpc) is 2.22. The average molecular weight is 368 g/mol. The molecule has 0 N–H and O–H groups in total. The van der Waals surface area contributed by atoms with Crippen LogP contribution >= 0.6 is 43.5 Å². The minimum Gasteiger partial charge on any atom is -0.354 e. The second-order valence-corrected chi connectivity index (χ2v) is 6.52. The second-order valence-electron chi connectivity index (χ2n) is 4.19. The van der Waals surface area contributed by atoms with Gasteiger partial charge in [-0.2, -0.15) is 0 Å². The van der Waals surface area contributed by atoms with Crippen molar-refractivity contribution in [2.75, 3.05) is 18.0 Å². The molecule has 5 heteroatoms. The van der Waals surface area contributed by atoms with Crippen LogP contribution in [-0.4, -0.2) is 23.5 Å². The molecule has 1 aromatic rings. The number of anilines is 1. The molecule has 1 fully saturated rings. The van der Waals surface area contributed by atoms with Gasteiger partial charge in [0.05, 0.1) is 9.85 Å². The van der Waals surface area contributed by atoms with E-state index in [-0.39, 0.29) is 5.38 Å². The van der Waals surface area contributed by atoms with E-state index in [1.807, 2.05) is 12.3 Å². The van der Waals surface area contributed by atoms with Crippen molar-refractivity contribution in [1.82, 2.24) is 4.98 Å². The first-order chi connectivity index (χ1) is 7.58. The van der Waals surface area contributed by atoms with E-state index in [4.69, 9.17) is 11.6 Å². The number of hydrogen-bond acceptors (Lipinski definition) is 2. The van der Waals surface area contributed by atoms with Crippen LogP contribution < -0.4 is 4.90 Å². The molecule has 0 bridgehead atoms. The van der Waals surface area contributed by atoms with Crippen LogP contribution in [0.4, 0.5) is 5.82 Å². The van der Waals surface area contributed by atoms with Crippen LogP contribution in [0.1, 0.15) is 13.3 Å². The summed E-state index contributed by atoms with van der Waals surface area (Å²) in [5.41, 5.74) is 0. The summed E-state index contributed by atoms with van der Waals surface area (Å²) < 4.78 is 2.00. The fraction of sp³-hybridized carbons (Fsp3) is 0.545. The SMILES string of the molecule is CC1CCN(c2ncc(Br)cc2Br)CC1Cl. The summed E-state index contributed by atoms with van der Waals surface area (Å²) in [6, 6.07) is 2.02. The molecule has 0 saturated carbocycles. The van der Waals surface area contributed by atoms with Crippen LogP contribution in [0.3, 0.4) is 0 Å². The Balaban J connectivity index is 2.18. The molecule has 2 atom stereocenters. The van der Waals surface area contributed by atoms with Gasteiger partial charge < -0.3 is 4.90 Å². The first-order valence-corrected chi connectivity index (χ1v) is 7.30. The summed E-state index contributed by atoms with van der Waals surface area (Å²) in [5.74, 6) is 1.58. The zero-order chi connectivity index (χ0) is 11.7.